The predicted octanol–water partition coefficient (Wildman–Crippen LogP) is 1.84. The van der Waals surface area contributed by atoms with Gasteiger partial charge in [-0.05, 0) is 38.0 Å². The van der Waals surface area contributed by atoms with Crippen LogP contribution < -0.4 is 10.5 Å². The number of anilines is 1. The van der Waals surface area contributed by atoms with Crippen LogP contribution in [0.15, 0.2) is 18.2 Å². The zero-order valence-electron chi connectivity index (χ0n) is 10.5. The second-order valence-corrected chi connectivity index (χ2v) is 4.13. The van der Waals surface area contributed by atoms with Gasteiger partial charge in [0.2, 0.25) is 0 Å². The minimum atomic E-state index is -0.149. The molecule has 1 heterocycles. The van der Waals surface area contributed by atoms with Gasteiger partial charge in [0, 0.05) is 12.1 Å². The molecule has 5 nitrogen and oxygen atoms in total. The second kappa shape index (κ2) is 5.73. The Hall–Kier alpha value is -1.75. The Morgan fingerprint density at radius 1 is 1.50 bits per heavy atom. The van der Waals surface area contributed by atoms with Crippen molar-refractivity contribution in [1.29, 1.82) is 0 Å². The number of hydrogen-bond donors (Lipinski definition) is 1. The lowest BCUT2D eigenvalue weighted by Crippen LogP contribution is -2.35. The minimum Gasteiger partial charge on any atom is -0.492 e. The number of amides is 1. The molecule has 1 aromatic rings. The number of ether oxygens (including phenoxy) is 1. The highest BCUT2D eigenvalue weighted by Gasteiger charge is 2.20. The first-order valence-corrected chi connectivity index (χ1v) is 6.19. The van der Waals surface area contributed by atoms with Crippen LogP contribution in [0.25, 0.3) is 0 Å². The summed E-state index contributed by atoms with van der Waals surface area (Å²) in [5, 5.41) is 1.40. The van der Waals surface area contributed by atoms with Crippen LogP contribution in [0.4, 0.5) is 5.69 Å². The van der Waals surface area contributed by atoms with Crippen LogP contribution in [0.5, 0.6) is 5.75 Å². The monoisotopic (exact) mass is 250 g/mol. The minimum absolute atomic E-state index is 0.149. The first kappa shape index (κ1) is 12.7. The van der Waals surface area contributed by atoms with Gasteiger partial charge < -0.3 is 10.5 Å². The van der Waals surface area contributed by atoms with Crippen molar-refractivity contribution in [2.45, 2.75) is 19.8 Å². The largest absolute Gasteiger partial charge is 0.492 e. The van der Waals surface area contributed by atoms with E-state index in [4.69, 9.17) is 15.3 Å². The molecule has 2 rings (SSSR count). The fourth-order valence-electron chi connectivity index (χ4n) is 1.87. The van der Waals surface area contributed by atoms with E-state index < -0.39 is 0 Å². The maximum absolute atomic E-state index is 12.1. The summed E-state index contributed by atoms with van der Waals surface area (Å²) in [6.45, 7) is 3.66. The third-order valence-corrected chi connectivity index (χ3v) is 2.79. The number of nitrogens with two attached hydrogens (primary N) is 1. The average Bonchev–Trinajstić information content (AvgIpc) is 2.41. The lowest BCUT2D eigenvalue weighted by molar-refractivity contribution is -0.144. The van der Waals surface area contributed by atoms with E-state index >= 15 is 0 Å². The molecule has 0 aliphatic carbocycles. The van der Waals surface area contributed by atoms with E-state index in [1.54, 1.807) is 18.2 Å². The van der Waals surface area contributed by atoms with Crippen molar-refractivity contribution < 1.29 is 14.4 Å². The summed E-state index contributed by atoms with van der Waals surface area (Å²) in [4.78, 5) is 17.4. The number of hydrogen-bond acceptors (Lipinski definition) is 4. The van der Waals surface area contributed by atoms with Gasteiger partial charge in [0.1, 0.15) is 5.75 Å². The first-order chi connectivity index (χ1) is 8.72. The fraction of sp³-hybridized carbons (Fsp3) is 0.462. The molecule has 1 aliphatic rings. The summed E-state index contributed by atoms with van der Waals surface area (Å²) in [5.74, 6) is 0.457. The van der Waals surface area contributed by atoms with Crippen LogP contribution in [-0.2, 0) is 4.84 Å². The van der Waals surface area contributed by atoms with Gasteiger partial charge in [0.25, 0.3) is 5.91 Å². The van der Waals surface area contributed by atoms with Gasteiger partial charge in [0.15, 0.2) is 0 Å². The summed E-state index contributed by atoms with van der Waals surface area (Å²) < 4.78 is 5.34. The maximum Gasteiger partial charge on any atom is 0.277 e. The van der Waals surface area contributed by atoms with E-state index in [1.807, 2.05) is 6.92 Å². The van der Waals surface area contributed by atoms with E-state index in [-0.39, 0.29) is 5.91 Å². The third kappa shape index (κ3) is 2.73. The second-order valence-electron chi connectivity index (χ2n) is 4.13. The molecule has 0 atom stereocenters. The number of rotatable bonds is 3. The van der Waals surface area contributed by atoms with Gasteiger partial charge in [0.05, 0.1) is 18.9 Å². The summed E-state index contributed by atoms with van der Waals surface area (Å²) in [6, 6.07) is 5.06. The van der Waals surface area contributed by atoms with Crippen molar-refractivity contribution in [3.05, 3.63) is 23.8 Å². The van der Waals surface area contributed by atoms with E-state index in [1.165, 1.54) is 5.06 Å². The van der Waals surface area contributed by atoms with Crippen LogP contribution in [0.2, 0.25) is 0 Å². The molecule has 1 amide bonds. The Bertz CT molecular complexity index is 428. The first-order valence-electron chi connectivity index (χ1n) is 6.19. The molecule has 0 aromatic heterocycles. The van der Waals surface area contributed by atoms with Crippen molar-refractivity contribution >= 4 is 11.6 Å². The van der Waals surface area contributed by atoms with Crippen LogP contribution in [-0.4, -0.2) is 30.7 Å². The van der Waals surface area contributed by atoms with Crippen molar-refractivity contribution in [3.8, 4) is 5.75 Å². The standard InChI is InChI=1S/C13H18N2O3/c1-2-17-12-6-5-10(9-11(12)14)13(16)15-7-3-4-8-18-15/h5-6,9H,2-4,7-8,14H2,1H3. The number of benzene rings is 1. The quantitative estimate of drug-likeness (QED) is 0.831. The number of carbonyl (C=O) groups excluding carboxylic acids is 1. The molecule has 1 fully saturated rings. The summed E-state index contributed by atoms with van der Waals surface area (Å²) in [5.41, 5.74) is 6.84. The maximum atomic E-state index is 12.1. The zero-order chi connectivity index (χ0) is 13.0. The lowest BCUT2D eigenvalue weighted by atomic mass is 10.1. The Morgan fingerprint density at radius 2 is 2.33 bits per heavy atom. The number of nitrogens with zero attached hydrogens (tertiary/aromatic N) is 1. The molecule has 1 saturated heterocycles. The Balaban J connectivity index is 2.12. The van der Waals surface area contributed by atoms with Crippen molar-refractivity contribution in [3.63, 3.8) is 0 Å². The molecule has 0 unspecified atom stereocenters. The Labute approximate surface area is 106 Å². The Kier molecular flexibility index (Phi) is 4.04. The number of carbonyl (C=O) groups is 1. The number of nitrogen functional groups attached to an aromatic ring is 1. The van der Waals surface area contributed by atoms with Crippen LogP contribution >= 0.6 is 0 Å². The number of hydroxylamine groups is 2. The SMILES string of the molecule is CCOc1ccc(C(=O)N2CCCCO2)cc1N. The predicted molar refractivity (Wildman–Crippen MR) is 68.2 cm³/mol. The zero-order valence-corrected chi connectivity index (χ0v) is 10.5. The lowest BCUT2D eigenvalue weighted by Gasteiger charge is -2.26. The van der Waals surface area contributed by atoms with E-state index in [9.17, 15) is 4.79 Å². The molecule has 1 aliphatic heterocycles. The molecule has 0 bridgehead atoms. The van der Waals surface area contributed by atoms with Gasteiger partial charge in [-0.25, -0.2) is 5.06 Å². The molecule has 0 spiro atoms. The fourth-order valence-corrected chi connectivity index (χ4v) is 1.87. The van der Waals surface area contributed by atoms with Crippen LogP contribution in [0, 0.1) is 0 Å². The summed E-state index contributed by atoms with van der Waals surface area (Å²) in [7, 11) is 0. The third-order valence-electron chi connectivity index (χ3n) is 2.79. The molecule has 1 aromatic carbocycles. The van der Waals surface area contributed by atoms with Crippen molar-refractivity contribution in [2.24, 2.45) is 0 Å². The molecule has 0 saturated carbocycles. The highest BCUT2D eigenvalue weighted by Crippen LogP contribution is 2.23. The van der Waals surface area contributed by atoms with Crippen molar-refractivity contribution in [2.75, 3.05) is 25.5 Å². The van der Waals surface area contributed by atoms with Crippen LogP contribution in [0.3, 0.4) is 0 Å². The van der Waals surface area contributed by atoms with E-state index in [2.05, 4.69) is 0 Å². The van der Waals surface area contributed by atoms with E-state index in [0.717, 1.165) is 12.8 Å². The highest BCUT2D eigenvalue weighted by atomic mass is 16.7. The molecule has 5 heteroatoms. The molecular weight excluding hydrogens is 232 g/mol. The van der Waals surface area contributed by atoms with Gasteiger partial charge in [-0.1, -0.05) is 0 Å². The van der Waals surface area contributed by atoms with Gasteiger partial charge in [-0.3, -0.25) is 9.63 Å². The molecule has 98 valence electrons. The molecule has 2 N–H and O–H groups in total. The van der Waals surface area contributed by atoms with Crippen molar-refractivity contribution in [1.82, 2.24) is 5.06 Å². The average molecular weight is 250 g/mol. The highest BCUT2D eigenvalue weighted by molar-refractivity contribution is 5.94. The normalized spacial score (nSPS) is 15.5. The summed E-state index contributed by atoms with van der Waals surface area (Å²) >= 11 is 0. The van der Waals surface area contributed by atoms with Crippen LogP contribution in [0.1, 0.15) is 30.1 Å². The molecule has 0 radical (unpaired) electrons. The summed E-state index contributed by atoms with van der Waals surface area (Å²) in [6.07, 6.45) is 1.97. The van der Waals surface area contributed by atoms with Gasteiger partial charge in [-0.15, -0.1) is 0 Å². The topological polar surface area (TPSA) is 64.8 Å². The molecule has 18 heavy (non-hydrogen) atoms. The van der Waals surface area contributed by atoms with Gasteiger partial charge >= 0.3 is 0 Å². The smallest absolute Gasteiger partial charge is 0.277 e. The molecular formula is C13H18N2O3. The van der Waals surface area contributed by atoms with E-state index in [0.29, 0.717) is 36.8 Å². The van der Waals surface area contributed by atoms with Gasteiger partial charge in [-0.2, -0.15) is 0 Å². The Morgan fingerprint density at radius 3 is 2.94 bits per heavy atom.